The maximum atomic E-state index is 12.4. The lowest BCUT2D eigenvalue weighted by Gasteiger charge is -2.39. The van der Waals surface area contributed by atoms with Gasteiger partial charge < -0.3 is 15.5 Å². The summed E-state index contributed by atoms with van der Waals surface area (Å²) in [6, 6.07) is 0.516. The fourth-order valence-corrected chi connectivity index (χ4v) is 3.18. The normalized spacial score (nSPS) is 28.3. The van der Waals surface area contributed by atoms with Crippen molar-refractivity contribution in [3.05, 3.63) is 0 Å². The molecule has 2 amide bonds. The number of rotatable bonds is 1. The van der Waals surface area contributed by atoms with Crippen LogP contribution in [0.15, 0.2) is 0 Å². The number of piperidine rings is 2. The van der Waals surface area contributed by atoms with Crippen molar-refractivity contribution in [2.24, 2.45) is 17.6 Å². The zero-order valence-corrected chi connectivity index (χ0v) is 11.8. The fraction of sp³-hybridized carbons (Fsp3) is 0.929. The Morgan fingerprint density at radius 2 is 1.83 bits per heavy atom. The third-order valence-corrected chi connectivity index (χ3v) is 4.48. The first-order chi connectivity index (χ1) is 8.58. The molecule has 2 atom stereocenters. The molecule has 0 aromatic heterocycles. The number of nitrogens with two attached hydrogens (primary N) is 1. The summed E-state index contributed by atoms with van der Waals surface area (Å²) in [6.45, 7) is 7.96. The first kappa shape index (κ1) is 13.7. The van der Waals surface area contributed by atoms with E-state index in [1.165, 1.54) is 6.42 Å². The van der Waals surface area contributed by atoms with E-state index in [0.29, 0.717) is 11.8 Å². The van der Waals surface area contributed by atoms with E-state index in [0.717, 1.165) is 45.4 Å². The Kier molecular flexibility index (Phi) is 4.49. The van der Waals surface area contributed by atoms with E-state index in [1.807, 2.05) is 9.80 Å². The lowest BCUT2D eigenvalue weighted by Crippen LogP contribution is -2.50. The van der Waals surface area contributed by atoms with Gasteiger partial charge in [0.15, 0.2) is 0 Å². The number of likely N-dealkylation sites (tertiary alicyclic amines) is 2. The van der Waals surface area contributed by atoms with Crippen LogP contribution >= 0.6 is 0 Å². The van der Waals surface area contributed by atoms with Crippen molar-refractivity contribution < 1.29 is 4.79 Å². The van der Waals surface area contributed by atoms with Crippen molar-refractivity contribution in [1.82, 2.24) is 9.80 Å². The van der Waals surface area contributed by atoms with Crippen molar-refractivity contribution >= 4 is 6.03 Å². The predicted octanol–water partition coefficient (Wildman–Crippen LogP) is 1.90. The van der Waals surface area contributed by atoms with Crippen LogP contribution in [0, 0.1) is 11.8 Å². The number of hydrogen-bond donors (Lipinski definition) is 1. The molecule has 18 heavy (non-hydrogen) atoms. The molecule has 0 radical (unpaired) electrons. The van der Waals surface area contributed by atoms with Crippen LogP contribution < -0.4 is 5.73 Å². The van der Waals surface area contributed by atoms with Crippen LogP contribution in [-0.2, 0) is 0 Å². The Bertz CT molecular complexity index is 285. The summed E-state index contributed by atoms with van der Waals surface area (Å²) in [4.78, 5) is 16.5. The van der Waals surface area contributed by atoms with Crippen LogP contribution in [0.2, 0.25) is 0 Å². The molecule has 0 aliphatic carbocycles. The first-order valence-corrected chi connectivity index (χ1v) is 7.37. The van der Waals surface area contributed by atoms with Crippen molar-refractivity contribution in [2.75, 3.05) is 26.2 Å². The Labute approximate surface area is 110 Å². The highest BCUT2D eigenvalue weighted by Gasteiger charge is 2.29. The SMILES string of the molecule is CC1CCCN(C(=O)N2CCC(C(C)N)CC2)C1. The van der Waals surface area contributed by atoms with Crippen LogP contribution in [-0.4, -0.2) is 48.1 Å². The standard InChI is InChI=1S/C14H27N3O/c1-11-4-3-7-17(10-11)14(18)16-8-5-13(6-9-16)12(2)15/h11-13H,3-10,15H2,1-2H3. The molecule has 2 aliphatic heterocycles. The van der Waals surface area contributed by atoms with Crippen LogP contribution in [0.25, 0.3) is 0 Å². The number of carbonyl (C=O) groups excluding carboxylic acids is 1. The molecule has 4 heteroatoms. The molecule has 104 valence electrons. The summed E-state index contributed by atoms with van der Waals surface area (Å²) in [5.41, 5.74) is 5.94. The molecular weight excluding hydrogens is 226 g/mol. The van der Waals surface area contributed by atoms with Gasteiger partial charge in [0.25, 0.3) is 0 Å². The van der Waals surface area contributed by atoms with E-state index in [2.05, 4.69) is 13.8 Å². The van der Waals surface area contributed by atoms with Gasteiger partial charge in [-0.3, -0.25) is 0 Å². The minimum absolute atomic E-state index is 0.254. The molecule has 0 bridgehead atoms. The lowest BCUT2D eigenvalue weighted by molar-refractivity contribution is 0.112. The molecule has 2 saturated heterocycles. The molecule has 2 rings (SSSR count). The zero-order chi connectivity index (χ0) is 13.1. The van der Waals surface area contributed by atoms with Gasteiger partial charge in [-0.05, 0) is 44.4 Å². The zero-order valence-electron chi connectivity index (χ0n) is 11.8. The van der Waals surface area contributed by atoms with Gasteiger partial charge in [-0.2, -0.15) is 0 Å². The third-order valence-electron chi connectivity index (χ3n) is 4.48. The summed E-state index contributed by atoms with van der Waals surface area (Å²) in [6.07, 6.45) is 4.54. The molecule has 0 aromatic rings. The van der Waals surface area contributed by atoms with E-state index < -0.39 is 0 Å². The average Bonchev–Trinajstić information content (AvgIpc) is 2.38. The van der Waals surface area contributed by atoms with Crippen LogP contribution in [0.1, 0.15) is 39.5 Å². The highest BCUT2D eigenvalue weighted by Crippen LogP contribution is 2.22. The van der Waals surface area contributed by atoms with Gasteiger partial charge in [-0.25, -0.2) is 4.79 Å². The second-order valence-corrected chi connectivity index (χ2v) is 6.16. The first-order valence-electron chi connectivity index (χ1n) is 7.37. The quantitative estimate of drug-likeness (QED) is 0.776. The van der Waals surface area contributed by atoms with E-state index in [4.69, 9.17) is 5.73 Å². The topological polar surface area (TPSA) is 49.6 Å². The Balaban J connectivity index is 1.83. The van der Waals surface area contributed by atoms with Gasteiger partial charge in [0.1, 0.15) is 0 Å². The number of urea groups is 1. The fourth-order valence-electron chi connectivity index (χ4n) is 3.18. The number of nitrogens with zero attached hydrogens (tertiary/aromatic N) is 2. The molecule has 2 unspecified atom stereocenters. The maximum Gasteiger partial charge on any atom is 0.320 e. The molecule has 2 aliphatic rings. The minimum Gasteiger partial charge on any atom is -0.328 e. The second kappa shape index (κ2) is 5.91. The third kappa shape index (κ3) is 3.16. The van der Waals surface area contributed by atoms with Crippen molar-refractivity contribution in [3.63, 3.8) is 0 Å². The number of hydrogen-bond acceptors (Lipinski definition) is 2. The lowest BCUT2D eigenvalue weighted by atomic mass is 9.91. The van der Waals surface area contributed by atoms with Crippen molar-refractivity contribution in [3.8, 4) is 0 Å². The van der Waals surface area contributed by atoms with Crippen LogP contribution in [0.5, 0.6) is 0 Å². The summed E-state index contributed by atoms with van der Waals surface area (Å²) in [5, 5.41) is 0. The second-order valence-electron chi connectivity index (χ2n) is 6.16. The van der Waals surface area contributed by atoms with Gasteiger partial charge >= 0.3 is 6.03 Å². The molecule has 4 nitrogen and oxygen atoms in total. The van der Waals surface area contributed by atoms with Crippen molar-refractivity contribution in [1.29, 1.82) is 0 Å². The van der Waals surface area contributed by atoms with Crippen LogP contribution in [0.3, 0.4) is 0 Å². The molecule has 2 heterocycles. The number of amides is 2. The van der Waals surface area contributed by atoms with Gasteiger partial charge in [-0.15, -0.1) is 0 Å². The Morgan fingerprint density at radius 1 is 1.17 bits per heavy atom. The van der Waals surface area contributed by atoms with Crippen LogP contribution in [0.4, 0.5) is 4.79 Å². The molecule has 0 saturated carbocycles. The maximum absolute atomic E-state index is 12.4. The van der Waals surface area contributed by atoms with Gasteiger partial charge in [0, 0.05) is 32.2 Å². The molecule has 0 aromatic carbocycles. The molecule has 2 N–H and O–H groups in total. The van der Waals surface area contributed by atoms with E-state index >= 15 is 0 Å². The summed E-state index contributed by atoms with van der Waals surface area (Å²) >= 11 is 0. The number of carbonyl (C=O) groups is 1. The van der Waals surface area contributed by atoms with Crippen molar-refractivity contribution in [2.45, 2.75) is 45.6 Å². The Hall–Kier alpha value is -0.770. The summed E-state index contributed by atoms with van der Waals surface area (Å²) < 4.78 is 0. The monoisotopic (exact) mass is 253 g/mol. The highest BCUT2D eigenvalue weighted by molar-refractivity contribution is 5.74. The minimum atomic E-state index is 0.254. The smallest absolute Gasteiger partial charge is 0.320 e. The molecule has 2 fully saturated rings. The largest absolute Gasteiger partial charge is 0.328 e. The van der Waals surface area contributed by atoms with E-state index in [-0.39, 0.29) is 12.1 Å². The predicted molar refractivity (Wildman–Crippen MR) is 73.3 cm³/mol. The van der Waals surface area contributed by atoms with E-state index in [9.17, 15) is 4.79 Å². The van der Waals surface area contributed by atoms with Gasteiger partial charge in [0.2, 0.25) is 0 Å². The van der Waals surface area contributed by atoms with E-state index in [1.54, 1.807) is 0 Å². The highest BCUT2D eigenvalue weighted by atomic mass is 16.2. The molecular formula is C14H27N3O. The Morgan fingerprint density at radius 3 is 2.39 bits per heavy atom. The summed E-state index contributed by atoms with van der Waals surface area (Å²) in [7, 11) is 0. The molecule has 0 spiro atoms. The van der Waals surface area contributed by atoms with Gasteiger partial charge in [0.05, 0.1) is 0 Å². The summed E-state index contributed by atoms with van der Waals surface area (Å²) in [5.74, 6) is 1.25. The average molecular weight is 253 g/mol. The van der Waals surface area contributed by atoms with Gasteiger partial charge in [-0.1, -0.05) is 6.92 Å².